The van der Waals surface area contributed by atoms with Crippen molar-refractivity contribution in [2.24, 2.45) is 5.41 Å². The van der Waals surface area contributed by atoms with Gasteiger partial charge < -0.3 is 30.7 Å². The second-order valence-electron chi connectivity index (χ2n) is 14.5. The molecule has 5 N–H and O–H groups in total. The molecule has 1 aromatic heterocycles. The van der Waals surface area contributed by atoms with E-state index < -0.39 is 45.8 Å². The number of rotatable bonds is 16. The van der Waals surface area contributed by atoms with Crippen molar-refractivity contribution in [3.8, 4) is 6.01 Å². The van der Waals surface area contributed by atoms with Gasteiger partial charge in [0.2, 0.25) is 21.9 Å². The molecule has 13 nitrogen and oxygen atoms in total. The molecule has 1 unspecified atom stereocenters. The van der Waals surface area contributed by atoms with Crippen LogP contribution in [0.2, 0.25) is 0 Å². The van der Waals surface area contributed by atoms with Gasteiger partial charge in [-0.1, -0.05) is 30.7 Å². The minimum atomic E-state index is -4.62. The smallest absolute Gasteiger partial charge is 0.422 e. The maximum atomic E-state index is 13.0. The summed E-state index contributed by atoms with van der Waals surface area (Å²) in [6, 6.07) is 12.8. The molecule has 1 saturated heterocycles. The lowest BCUT2D eigenvalue weighted by atomic mass is 10.0. The molecule has 2 heterocycles. The number of benzene rings is 2. The van der Waals surface area contributed by atoms with Crippen LogP contribution in [-0.2, 0) is 15.6 Å². The first kappa shape index (κ1) is 36.3. The van der Waals surface area contributed by atoms with Gasteiger partial charge in [-0.05, 0) is 99.8 Å². The molecular formula is C35H43F3N8O5S. The van der Waals surface area contributed by atoms with Gasteiger partial charge in [0.05, 0.1) is 10.8 Å². The Bertz CT molecular complexity index is 1850. The third-order valence-corrected chi connectivity index (χ3v) is 12.3. The van der Waals surface area contributed by atoms with Crippen LogP contribution in [0.5, 0.6) is 6.01 Å². The van der Waals surface area contributed by atoms with E-state index in [0.29, 0.717) is 49.0 Å². The number of alkyl halides is 3. The van der Waals surface area contributed by atoms with Crippen molar-refractivity contribution in [2.75, 3.05) is 43.4 Å². The summed E-state index contributed by atoms with van der Waals surface area (Å²) < 4.78 is 71.2. The minimum absolute atomic E-state index is 0.0246. The van der Waals surface area contributed by atoms with Crippen molar-refractivity contribution in [2.45, 2.75) is 81.0 Å². The first-order valence-corrected chi connectivity index (χ1v) is 19.2. The lowest BCUT2D eigenvalue weighted by Crippen LogP contribution is -2.40. The molecule has 1 amide bonds. The minimum Gasteiger partial charge on any atom is -0.454 e. The molecule has 7 rings (SSSR count). The van der Waals surface area contributed by atoms with Crippen molar-refractivity contribution in [3.63, 3.8) is 0 Å². The molecule has 1 atom stereocenters. The van der Waals surface area contributed by atoms with E-state index in [2.05, 4.69) is 40.5 Å². The summed E-state index contributed by atoms with van der Waals surface area (Å²) in [6.07, 6.45) is 1.92. The number of nitrogens with zero attached hydrogens (tertiary/aromatic N) is 4. The third-order valence-electron chi connectivity index (χ3n) is 10.4. The van der Waals surface area contributed by atoms with Gasteiger partial charge in [-0.15, -0.1) is 0 Å². The van der Waals surface area contributed by atoms with Crippen LogP contribution in [-0.4, -0.2) is 83.5 Å². The van der Waals surface area contributed by atoms with Gasteiger partial charge in [-0.3, -0.25) is 4.79 Å². The lowest BCUT2D eigenvalue weighted by molar-refractivity contribution is -0.154. The number of aliphatic hydroxyl groups excluding tert-OH is 1. The van der Waals surface area contributed by atoms with Crippen molar-refractivity contribution in [3.05, 3.63) is 65.2 Å². The fraction of sp³-hybridized carbons (Fsp3) is 0.543. The third kappa shape index (κ3) is 8.93. The van der Waals surface area contributed by atoms with Crippen LogP contribution in [0.1, 0.15) is 85.5 Å². The van der Waals surface area contributed by atoms with E-state index in [4.69, 9.17) is 4.74 Å². The molecule has 3 aromatic rings. The fourth-order valence-corrected chi connectivity index (χ4v) is 8.27. The van der Waals surface area contributed by atoms with Crippen molar-refractivity contribution < 1.29 is 36.2 Å². The molecule has 280 valence electrons. The molecule has 0 radical (unpaired) electrons. The number of carbonyl (C=O) groups is 1. The number of aromatic nitrogens is 3. The van der Waals surface area contributed by atoms with E-state index in [1.807, 2.05) is 0 Å². The Balaban J connectivity index is 1.01. The van der Waals surface area contributed by atoms with E-state index in [-0.39, 0.29) is 23.2 Å². The number of carbonyl (C=O) groups excluding carboxylic acids is 1. The highest BCUT2D eigenvalue weighted by atomic mass is 32.2. The first-order valence-electron chi connectivity index (χ1n) is 17.7. The predicted molar refractivity (Wildman–Crippen MR) is 186 cm³/mol. The van der Waals surface area contributed by atoms with Gasteiger partial charge in [-0.25, -0.2) is 8.42 Å². The average Bonchev–Trinajstić information content (AvgIpc) is 3.97. The molecule has 4 aliphatic rings. The van der Waals surface area contributed by atoms with Crippen LogP contribution in [0.15, 0.2) is 48.5 Å². The summed E-state index contributed by atoms with van der Waals surface area (Å²) in [6.45, 7) is 2.28. The zero-order valence-corrected chi connectivity index (χ0v) is 29.4. The summed E-state index contributed by atoms with van der Waals surface area (Å²) in [7, 11) is -3.64. The Kier molecular flexibility index (Phi) is 10.1. The Labute approximate surface area is 300 Å². The number of halogens is 3. The van der Waals surface area contributed by atoms with Crippen LogP contribution < -0.4 is 25.4 Å². The Morgan fingerprint density at radius 1 is 0.942 bits per heavy atom. The zero-order chi connectivity index (χ0) is 36.6. The van der Waals surface area contributed by atoms with Crippen LogP contribution >= 0.6 is 0 Å². The number of sulfonamides is 1. The molecular weight excluding hydrogens is 701 g/mol. The highest BCUT2D eigenvalue weighted by Crippen LogP contribution is 2.48. The van der Waals surface area contributed by atoms with E-state index in [1.54, 1.807) is 48.5 Å². The fourth-order valence-electron chi connectivity index (χ4n) is 6.68. The topological polar surface area (TPSA) is 171 Å². The summed E-state index contributed by atoms with van der Waals surface area (Å²) >= 11 is 0. The van der Waals surface area contributed by atoms with Gasteiger partial charge in [0.1, 0.15) is 6.23 Å². The lowest BCUT2D eigenvalue weighted by Gasteiger charge is -2.27. The Morgan fingerprint density at radius 3 is 2.21 bits per heavy atom. The largest absolute Gasteiger partial charge is 0.454 e. The van der Waals surface area contributed by atoms with Crippen molar-refractivity contribution >= 4 is 33.5 Å². The highest BCUT2D eigenvalue weighted by Gasteiger charge is 2.46. The monoisotopic (exact) mass is 744 g/mol. The number of anilines is 3. The number of aliphatic hydroxyl groups is 1. The Hall–Kier alpha value is -4.06. The summed E-state index contributed by atoms with van der Waals surface area (Å²) in [5, 5.41) is 19.3. The quantitative estimate of drug-likeness (QED) is 0.129. The molecule has 52 heavy (non-hydrogen) atoms. The zero-order valence-electron chi connectivity index (χ0n) is 28.6. The number of hydrogen-bond donors (Lipinski definition) is 5. The number of nitrogens with one attached hydrogen (secondary N) is 4. The van der Waals surface area contributed by atoms with Crippen molar-refractivity contribution in [1.82, 2.24) is 29.9 Å². The van der Waals surface area contributed by atoms with E-state index >= 15 is 0 Å². The highest BCUT2D eigenvalue weighted by molar-refractivity contribution is 7.90. The Morgan fingerprint density at radius 2 is 1.62 bits per heavy atom. The van der Waals surface area contributed by atoms with Crippen LogP contribution in [0.25, 0.3) is 0 Å². The summed E-state index contributed by atoms with van der Waals surface area (Å²) in [5.74, 6) is -0.276. The van der Waals surface area contributed by atoms with Gasteiger partial charge in [0.15, 0.2) is 6.61 Å². The van der Waals surface area contributed by atoms with Gasteiger partial charge >= 0.3 is 12.2 Å². The van der Waals surface area contributed by atoms with Crippen LogP contribution in [0.3, 0.4) is 0 Å². The number of likely N-dealkylation sites (tertiary alicyclic amines) is 1. The van der Waals surface area contributed by atoms with E-state index in [0.717, 1.165) is 44.5 Å². The normalized spacial score (nSPS) is 20.1. The second-order valence-corrected chi connectivity index (χ2v) is 16.5. The molecule has 2 aromatic carbocycles. The molecule has 1 aliphatic heterocycles. The van der Waals surface area contributed by atoms with E-state index in [9.17, 15) is 31.5 Å². The molecule has 17 heteroatoms. The maximum absolute atomic E-state index is 13.0. The van der Waals surface area contributed by atoms with Gasteiger partial charge in [-0.2, -0.15) is 32.8 Å². The van der Waals surface area contributed by atoms with Crippen LogP contribution in [0.4, 0.5) is 30.8 Å². The first-order chi connectivity index (χ1) is 24.8. The second kappa shape index (κ2) is 14.4. The van der Waals surface area contributed by atoms with Gasteiger partial charge in [0, 0.05) is 29.8 Å². The average molecular weight is 745 g/mol. The summed E-state index contributed by atoms with van der Waals surface area (Å²) in [4.78, 5) is 27.9. The molecule has 3 aliphatic carbocycles. The number of hydrogen-bond acceptors (Lipinski definition) is 11. The molecule has 3 saturated carbocycles. The number of amides is 1. The number of ether oxygens (including phenoxy) is 1. The SMILES string of the molecule is O=C(NCC1(CN2CCCC2)CC1)c1ccc(Nc2nc(NC3(c4ccc(C(O)NS(=O)(=O)C5CCC5)cc4)CC3)nc(OCC(F)(F)F)n2)cc1. The molecule has 0 bridgehead atoms. The maximum Gasteiger partial charge on any atom is 0.422 e. The summed E-state index contributed by atoms with van der Waals surface area (Å²) in [5.41, 5.74) is 1.61. The predicted octanol–water partition coefficient (Wildman–Crippen LogP) is 4.73. The molecule has 0 spiro atoms. The van der Waals surface area contributed by atoms with Crippen molar-refractivity contribution in [1.29, 1.82) is 0 Å². The van der Waals surface area contributed by atoms with Gasteiger partial charge in [0.25, 0.3) is 5.91 Å². The molecule has 4 fully saturated rings. The van der Waals surface area contributed by atoms with Crippen LogP contribution in [0, 0.1) is 5.41 Å². The van der Waals surface area contributed by atoms with E-state index in [1.165, 1.54) is 12.8 Å². The standard InChI is InChI=1S/C35H43F3N8O5S/c36-35(37,38)22-51-32-42-30(40-26-12-8-23(9-13-26)28(47)39-20-33(14-15-33)21-46-18-1-2-19-46)41-31(43-32)44-34(16-17-34)25-10-6-24(7-11-25)29(48)45-52(49,50)27-4-3-5-27/h6-13,27,29,45,48H,1-5,14-22H2,(H,39,47)(H2,40,41,42,43,44).